The molecule has 0 unspecified atom stereocenters. The Hall–Kier alpha value is -2.24. The van der Waals surface area contributed by atoms with Crippen LogP contribution in [0.4, 0.5) is 0 Å². The van der Waals surface area contributed by atoms with Gasteiger partial charge in [-0.2, -0.15) is 4.68 Å². The van der Waals surface area contributed by atoms with Gasteiger partial charge in [-0.05, 0) is 60.6 Å². The van der Waals surface area contributed by atoms with E-state index in [4.69, 9.17) is 0 Å². The molecule has 1 aliphatic carbocycles. The monoisotopic (exact) mass is 327 g/mol. The Morgan fingerprint density at radius 1 is 1.33 bits per heavy atom. The van der Waals surface area contributed by atoms with E-state index in [-0.39, 0.29) is 5.91 Å². The highest BCUT2D eigenvalue weighted by Gasteiger charge is 2.41. The maximum absolute atomic E-state index is 12.2. The third-order valence-electron chi connectivity index (χ3n) is 5.07. The maximum atomic E-state index is 12.2. The normalized spacial score (nSPS) is 23.9. The number of amides is 1. The molecule has 0 bridgehead atoms. The smallest absolute Gasteiger partial charge is 0.220 e. The lowest BCUT2D eigenvalue weighted by atomic mass is 9.76. The third kappa shape index (κ3) is 3.05. The first kappa shape index (κ1) is 16.6. The first-order valence-electron chi connectivity index (χ1n) is 8.71. The number of carbonyl (C=O) groups excluding carboxylic acids is 1. The molecule has 1 aromatic heterocycles. The average Bonchev–Trinajstić information content (AvgIpc) is 3.07. The Labute approximate surface area is 142 Å². The molecule has 0 spiro atoms. The van der Waals surface area contributed by atoms with Crippen molar-refractivity contribution >= 4 is 5.91 Å². The van der Waals surface area contributed by atoms with Gasteiger partial charge in [0.15, 0.2) is 5.82 Å². The number of nitrogens with zero attached hydrogens (tertiary/aromatic N) is 4. The molecule has 3 rings (SSSR count). The van der Waals surface area contributed by atoms with Gasteiger partial charge in [0.2, 0.25) is 5.91 Å². The molecule has 1 N–H and O–H groups in total. The van der Waals surface area contributed by atoms with Gasteiger partial charge in [0.1, 0.15) is 5.54 Å². The molecule has 6 nitrogen and oxygen atoms in total. The fourth-order valence-electron chi connectivity index (χ4n) is 3.46. The minimum atomic E-state index is -0.481. The van der Waals surface area contributed by atoms with E-state index in [0.29, 0.717) is 12.3 Å². The maximum Gasteiger partial charge on any atom is 0.220 e. The lowest BCUT2D eigenvalue weighted by Gasteiger charge is -2.39. The molecule has 6 heteroatoms. The van der Waals surface area contributed by atoms with E-state index < -0.39 is 5.54 Å². The molecule has 24 heavy (non-hydrogen) atoms. The van der Waals surface area contributed by atoms with Crippen molar-refractivity contribution in [2.24, 2.45) is 5.92 Å². The third-order valence-corrected chi connectivity index (χ3v) is 5.07. The molecule has 1 amide bonds. The topological polar surface area (TPSA) is 72.7 Å². The van der Waals surface area contributed by atoms with Gasteiger partial charge in [-0.1, -0.05) is 32.0 Å². The first-order valence-corrected chi connectivity index (χ1v) is 8.71. The summed E-state index contributed by atoms with van der Waals surface area (Å²) >= 11 is 0. The van der Waals surface area contributed by atoms with Gasteiger partial charge in [0.05, 0.1) is 5.69 Å². The molecular formula is C18H25N5O. The van der Waals surface area contributed by atoms with E-state index in [9.17, 15) is 4.79 Å². The van der Waals surface area contributed by atoms with Crippen molar-refractivity contribution in [2.75, 3.05) is 0 Å². The number of hydrogen-bond donors (Lipinski definition) is 1. The van der Waals surface area contributed by atoms with Crippen LogP contribution >= 0.6 is 0 Å². The zero-order valence-corrected chi connectivity index (χ0v) is 14.6. The number of hydrogen-bond acceptors (Lipinski definition) is 4. The summed E-state index contributed by atoms with van der Waals surface area (Å²) in [5, 5.41) is 15.7. The predicted octanol–water partition coefficient (Wildman–Crippen LogP) is 2.90. The minimum Gasteiger partial charge on any atom is -0.343 e. The Balaban J connectivity index is 2.05. The number of aryl methyl sites for hydroxylation is 1. The first-order chi connectivity index (χ1) is 11.6. The summed E-state index contributed by atoms with van der Waals surface area (Å²) in [5.41, 5.74) is 1.58. The van der Waals surface area contributed by atoms with Gasteiger partial charge >= 0.3 is 0 Å². The van der Waals surface area contributed by atoms with E-state index in [0.717, 1.165) is 42.8 Å². The van der Waals surface area contributed by atoms with Crippen LogP contribution in [0.25, 0.3) is 5.69 Å². The second-order valence-corrected chi connectivity index (χ2v) is 6.87. The molecule has 0 radical (unpaired) electrons. The van der Waals surface area contributed by atoms with Gasteiger partial charge in [0, 0.05) is 6.42 Å². The van der Waals surface area contributed by atoms with Crippen LogP contribution in [0.1, 0.15) is 57.3 Å². The molecule has 0 atom stereocenters. The van der Waals surface area contributed by atoms with Crippen LogP contribution in [0.5, 0.6) is 0 Å². The van der Waals surface area contributed by atoms with Crippen molar-refractivity contribution in [3.8, 4) is 5.69 Å². The predicted molar refractivity (Wildman–Crippen MR) is 91.6 cm³/mol. The second-order valence-electron chi connectivity index (χ2n) is 6.87. The standard InChI is InChI=1S/C18H25N5O/c1-4-16(24)19-18(11-9-13(2)10-12-18)17-20-21-22-23(17)15-8-6-5-7-14(15)3/h5-8,13H,4,9-12H2,1-3H3,(H,19,24). The highest BCUT2D eigenvalue weighted by Crippen LogP contribution is 2.39. The van der Waals surface area contributed by atoms with Crippen LogP contribution in [0.2, 0.25) is 0 Å². The highest BCUT2D eigenvalue weighted by molar-refractivity contribution is 5.76. The van der Waals surface area contributed by atoms with Gasteiger partial charge in [-0.25, -0.2) is 0 Å². The largest absolute Gasteiger partial charge is 0.343 e. The van der Waals surface area contributed by atoms with Crippen LogP contribution in [0.15, 0.2) is 24.3 Å². The fraction of sp³-hybridized carbons (Fsp3) is 0.556. The number of benzene rings is 1. The van der Waals surface area contributed by atoms with E-state index in [1.807, 2.05) is 38.1 Å². The van der Waals surface area contributed by atoms with Crippen molar-refractivity contribution in [1.82, 2.24) is 25.5 Å². The number of nitrogens with one attached hydrogen (secondary N) is 1. The summed E-state index contributed by atoms with van der Waals surface area (Å²) in [6.45, 7) is 6.18. The van der Waals surface area contributed by atoms with Crippen LogP contribution in [-0.2, 0) is 10.3 Å². The van der Waals surface area contributed by atoms with E-state index in [2.05, 4.69) is 27.8 Å². The quantitative estimate of drug-likeness (QED) is 0.937. The molecule has 1 heterocycles. The molecule has 2 aromatic rings. The zero-order valence-electron chi connectivity index (χ0n) is 14.6. The van der Waals surface area contributed by atoms with Gasteiger partial charge in [0.25, 0.3) is 0 Å². The van der Waals surface area contributed by atoms with Gasteiger partial charge < -0.3 is 5.32 Å². The van der Waals surface area contributed by atoms with Crippen LogP contribution in [0, 0.1) is 12.8 Å². The number of aromatic nitrogens is 4. The summed E-state index contributed by atoms with van der Waals surface area (Å²) < 4.78 is 1.79. The molecule has 1 fully saturated rings. The van der Waals surface area contributed by atoms with Crippen molar-refractivity contribution in [3.05, 3.63) is 35.7 Å². The number of rotatable bonds is 4. The van der Waals surface area contributed by atoms with Crippen LogP contribution < -0.4 is 5.32 Å². The van der Waals surface area contributed by atoms with Crippen LogP contribution in [0.3, 0.4) is 0 Å². The zero-order chi connectivity index (χ0) is 17.2. The van der Waals surface area contributed by atoms with E-state index >= 15 is 0 Å². The Kier molecular flexibility index (Phi) is 4.64. The lowest BCUT2D eigenvalue weighted by molar-refractivity contribution is -0.123. The molecule has 1 saturated carbocycles. The number of tetrazole rings is 1. The lowest BCUT2D eigenvalue weighted by Crippen LogP contribution is -2.49. The molecule has 0 aliphatic heterocycles. The summed E-state index contributed by atoms with van der Waals surface area (Å²) in [6.07, 6.45) is 4.32. The van der Waals surface area contributed by atoms with Crippen molar-refractivity contribution in [2.45, 2.75) is 58.4 Å². The van der Waals surface area contributed by atoms with E-state index in [1.54, 1.807) is 4.68 Å². The highest BCUT2D eigenvalue weighted by atomic mass is 16.1. The van der Waals surface area contributed by atoms with E-state index in [1.165, 1.54) is 0 Å². The van der Waals surface area contributed by atoms with Gasteiger partial charge in [-0.15, -0.1) is 5.10 Å². The number of para-hydroxylation sites is 1. The molecular weight excluding hydrogens is 302 g/mol. The summed E-state index contributed by atoms with van der Waals surface area (Å²) in [7, 11) is 0. The Bertz CT molecular complexity index is 716. The van der Waals surface area contributed by atoms with Crippen LogP contribution in [-0.4, -0.2) is 26.1 Å². The molecule has 0 saturated heterocycles. The van der Waals surface area contributed by atoms with Crippen molar-refractivity contribution in [1.29, 1.82) is 0 Å². The summed E-state index contributed by atoms with van der Waals surface area (Å²) in [6, 6.07) is 8.03. The number of carbonyl (C=O) groups is 1. The van der Waals surface area contributed by atoms with Gasteiger partial charge in [-0.3, -0.25) is 4.79 Å². The summed E-state index contributed by atoms with van der Waals surface area (Å²) in [4.78, 5) is 12.2. The second kappa shape index (κ2) is 6.71. The van der Waals surface area contributed by atoms with Crippen molar-refractivity contribution in [3.63, 3.8) is 0 Å². The minimum absolute atomic E-state index is 0.0453. The average molecular weight is 327 g/mol. The SMILES string of the molecule is CCC(=O)NC1(c2nnnn2-c2ccccc2C)CCC(C)CC1. The van der Waals surface area contributed by atoms with Crippen molar-refractivity contribution < 1.29 is 4.79 Å². The molecule has 128 valence electrons. The Morgan fingerprint density at radius 3 is 2.71 bits per heavy atom. The molecule has 1 aromatic carbocycles. The Morgan fingerprint density at radius 2 is 2.04 bits per heavy atom. The fourth-order valence-corrected chi connectivity index (χ4v) is 3.46. The molecule has 1 aliphatic rings. The summed E-state index contributed by atoms with van der Waals surface area (Å²) in [5.74, 6) is 1.45.